The number of hydrogen-bond acceptors (Lipinski definition) is 5. The fourth-order valence-electron chi connectivity index (χ4n) is 3.90. The zero-order chi connectivity index (χ0) is 23.7. The number of nitrogens with two attached hydrogens (primary N) is 1. The van der Waals surface area contributed by atoms with Crippen LogP contribution >= 0.6 is 11.6 Å². The van der Waals surface area contributed by atoms with Gasteiger partial charge in [-0.15, -0.1) is 0 Å². The maximum absolute atomic E-state index is 12.7. The van der Waals surface area contributed by atoms with Crippen molar-refractivity contribution in [1.82, 2.24) is 20.1 Å². The van der Waals surface area contributed by atoms with Crippen molar-refractivity contribution in [3.8, 4) is 11.1 Å². The maximum atomic E-state index is 12.7. The van der Waals surface area contributed by atoms with Crippen LogP contribution < -0.4 is 16.4 Å². The van der Waals surface area contributed by atoms with Gasteiger partial charge in [0.1, 0.15) is 5.82 Å². The number of nitrogens with zero attached hydrogens (tertiary/aromatic N) is 3. The molecular formula is C22H31ClN6O3. The fourth-order valence-corrected chi connectivity index (χ4v) is 4.10. The molecule has 2 aromatic rings. The van der Waals surface area contributed by atoms with Gasteiger partial charge >= 0.3 is 12.1 Å². The van der Waals surface area contributed by atoms with Gasteiger partial charge in [-0.25, -0.2) is 14.6 Å². The number of carbonyl (C=O) groups excluding carboxylic acids is 2. The Hall–Kier alpha value is -2.81. The predicted octanol–water partition coefficient (Wildman–Crippen LogP) is 4.20. The Morgan fingerprint density at radius 1 is 1.31 bits per heavy atom. The number of nitrogens with one attached hydrogen (secondary N) is 2. The maximum Gasteiger partial charge on any atom is 0.404 e. The molecule has 0 aliphatic carbocycles. The lowest BCUT2D eigenvalue weighted by molar-refractivity contribution is 0.140. The summed E-state index contributed by atoms with van der Waals surface area (Å²) in [6, 6.07) is 1.09. The summed E-state index contributed by atoms with van der Waals surface area (Å²) >= 11 is 6.44. The van der Waals surface area contributed by atoms with E-state index >= 15 is 0 Å². The van der Waals surface area contributed by atoms with Crippen LogP contribution in [-0.2, 0) is 17.7 Å². The Labute approximate surface area is 193 Å². The van der Waals surface area contributed by atoms with Crippen molar-refractivity contribution in [2.45, 2.75) is 60.0 Å². The molecule has 3 amide bonds. The summed E-state index contributed by atoms with van der Waals surface area (Å²) < 4.78 is 6.83. The summed E-state index contributed by atoms with van der Waals surface area (Å²) in [4.78, 5) is 27.8. The molecule has 174 valence electrons. The second kappa shape index (κ2) is 8.97. The molecule has 10 heteroatoms. The highest BCUT2D eigenvalue weighted by Gasteiger charge is 2.32. The van der Waals surface area contributed by atoms with E-state index in [1.165, 1.54) is 6.20 Å². The van der Waals surface area contributed by atoms with E-state index in [2.05, 4.69) is 34.6 Å². The Bertz CT molecular complexity index is 1010. The summed E-state index contributed by atoms with van der Waals surface area (Å²) in [5.41, 5.74) is 7.75. The van der Waals surface area contributed by atoms with Gasteiger partial charge in [-0.05, 0) is 23.3 Å². The molecule has 1 aliphatic rings. The highest BCUT2D eigenvalue weighted by atomic mass is 35.5. The zero-order valence-electron chi connectivity index (χ0n) is 19.2. The first kappa shape index (κ1) is 23.8. The summed E-state index contributed by atoms with van der Waals surface area (Å²) in [5, 5.41) is 10.7. The van der Waals surface area contributed by atoms with Gasteiger partial charge in [-0.2, -0.15) is 5.10 Å². The molecule has 3 heterocycles. The first-order valence-corrected chi connectivity index (χ1v) is 10.9. The van der Waals surface area contributed by atoms with Gasteiger partial charge in [0.2, 0.25) is 0 Å². The third-order valence-corrected chi connectivity index (χ3v) is 5.86. The molecule has 9 nitrogen and oxygen atoms in total. The first-order chi connectivity index (χ1) is 14.9. The average Bonchev–Trinajstić information content (AvgIpc) is 3.16. The number of ether oxygens (including phenoxy) is 1. The number of amides is 3. The largest absolute Gasteiger partial charge is 0.450 e. The van der Waals surface area contributed by atoms with Gasteiger partial charge in [0, 0.05) is 42.0 Å². The summed E-state index contributed by atoms with van der Waals surface area (Å²) in [7, 11) is 0. The molecule has 1 aliphatic heterocycles. The predicted molar refractivity (Wildman–Crippen MR) is 124 cm³/mol. The fraction of sp³-hybridized carbons (Fsp3) is 0.545. The van der Waals surface area contributed by atoms with Crippen molar-refractivity contribution < 1.29 is 14.3 Å². The van der Waals surface area contributed by atoms with E-state index in [1.807, 2.05) is 31.6 Å². The molecule has 0 saturated heterocycles. The normalized spacial score (nSPS) is 15.7. The zero-order valence-corrected chi connectivity index (χ0v) is 19.9. The van der Waals surface area contributed by atoms with E-state index in [9.17, 15) is 9.59 Å². The van der Waals surface area contributed by atoms with Crippen LogP contribution in [0.1, 0.15) is 46.7 Å². The molecule has 0 radical (unpaired) electrons. The number of halogens is 1. The van der Waals surface area contributed by atoms with Crippen LogP contribution in [0.15, 0.2) is 18.5 Å². The highest BCUT2D eigenvalue weighted by molar-refractivity contribution is 6.33. The molecule has 1 unspecified atom stereocenters. The lowest BCUT2D eigenvalue weighted by Gasteiger charge is -2.31. The van der Waals surface area contributed by atoms with Crippen molar-refractivity contribution in [3.05, 3.63) is 29.2 Å². The van der Waals surface area contributed by atoms with Gasteiger partial charge < -0.3 is 15.8 Å². The smallest absolute Gasteiger partial charge is 0.404 e. The summed E-state index contributed by atoms with van der Waals surface area (Å²) in [6.45, 7) is 11.3. The second-order valence-electron chi connectivity index (χ2n) is 10.0. The minimum Gasteiger partial charge on any atom is -0.450 e. The van der Waals surface area contributed by atoms with E-state index in [-0.39, 0.29) is 23.5 Å². The van der Waals surface area contributed by atoms with Crippen molar-refractivity contribution in [2.75, 3.05) is 11.9 Å². The number of anilines is 1. The third kappa shape index (κ3) is 5.70. The Morgan fingerprint density at radius 2 is 2.03 bits per heavy atom. The number of primary amides is 1. The van der Waals surface area contributed by atoms with E-state index in [0.29, 0.717) is 17.3 Å². The van der Waals surface area contributed by atoms with Crippen molar-refractivity contribution in [1.29, 1.82) is 0 Å². The number of aromatic nitrogens is 3. The molecule has 32 heavy (non-hydrogen) atoms. The lowest BCUT2D eigenvalue weighted by Crippen LogP contribution is -2.46. The van der Waals surface area contributed by atoms with Crippen molar-refractivity contribution in [3.63, 3.8) is 0 Å². The number of hydrogen-bond donors (Lipinski definition) is 3. The minimum absolute atomic E-state index is 0.115. The topological polar surface area (TPSA) is 124 Å². The molecule has 0 spiro atoms. The van der Waals surface area contributed by atoms with Gasteiger partial charge in [-0.3, -0.25) is 10.00 Å². The number of fused-ring (bicyclic) bond motifs is 1. The second-order valence-corrected chi connectivity index (χ2v) is 10.4. The van der Waals surface area contributed by atoms with Crippen LogP contribution in [0.25, 0.3) is 11.1 Å². The Kier molecular flexibility index (Phi) is 6.69. The van der Waals surface area contributed by atoms with Crippen LogP contribution in [0.2, 0.25) is 5.02 Å². The standard InChI is InChI=1S/C22H31ClN6O3/c1-21(2,3)17(6-7-32-19(24)30)27-20(31)28-18-8-13(15(23)11-25-18)14-10-26-29-12-22(4,5)9-16(14)29/h8,10-11,17H,6-7,9,12H2,1-5H3,(H2,24,30)(H2,25,27,28,31). The Balaban J connectivity index is 1.73. The molecule has 4 N–H and O–H groups in total. The molecule has 0 fully saturated rings. The lowest BCUT2D eigenvalue weighted by atomic mass is 9.85. The van der Waals surface area contributed by atoms with Crippen LogP contribution in [0, 0.1) is 10.8 Å². The van der Waals surface area contributed by atoms with Gasteiger partial charge in [0.15, 0.2) is 0 Å². The molecule has 1 atom stereocenters. The molecule has 0 aromatic carbocycles. The van der Waals surface area contributed by atoms with Crippen molar-refractivity contribution in [2.24, 2.45) is 16.6 Å². The third-order valence-electron chi connectivity index (χ3n) is 5.56. The monoisotopic (exact) mass is 462 g/mol. The average molecular weight is 463 g/mol. The number of carbonyl (C=O) groups is 2. The first-order valence-electron chi connectivity index (χ1n) is 10.6. The SMILES string of the molecule is CC1(C)Cc2c(-c3cc(NC(=O)NC(CCOC(N)=O)C(C)(C)C)ncc3Cl)cnn2C1. The van der Waals surface area contributed by atoms with Crippen LogP contribution in [0.3, 0.4) is 0 Å². The summed E-state index contributed by atoms with van der Waals surface area (Å²) in [5.74, 6) is 0.375. The quantitative estimate of drug-likeness (QED) is 0.593. The number of rotatable bonds is 6. The molecule has 3 rings (SSSR count). The molecule has 0 saturated carbocycles. The highest BCUT2D eigenvalue weighted by Crippen LogP contribution is 2.39. The van der Waals surface area contributed by atoms with E-state index in [0.717, 1.165) is 29.8 Å². The van der Waals surface area contributed by atoms with Gasteiger partial charge in [-0.1, -0.05) is 46.2 Å². The number of urea groups is 1. The van der Waals surface area contributed by atoms with Crippen LogP contribution in [0.5, 0.6) is 0 Å². The van der Waals surface area contributed by atoms with E-state index < -0.39 is 12.1 Å². The van der Waals surface area contributed by atoms with Gasteiger partial charge in [0.05, 0.1) is 17.8 Å². The van der Waals surface area contributed by atoms with E-state index in [4.69, 9.17) is 22.1 Å². The molecular weight excluding hydrogens is 432 g/mol. The molecule has 0 bridgehead atoms. The van der Waals surface area contributed by atoms with Crippen LogP contribution in [0.4, 0.5) is 15.4 Å². The van der Waals surface area contributed by atoms with E-state index in [1.54, 1.807) is 6.07 Å². The van der Waals surface area contributed by atoms with Crippen LogP contribution in [-0.4, -0.2) is 39.5 Å². The molecule has 2 aromatic heterocycles. The van der Waals surface area contributed by atoms with Gasteiger partial charge in [0.25, 0.3) is 0 Å². The minimum atomic E-state index is -0.838. The Morgan fingerprint density at radius 3 is 2.69 bits per heavy atom. The van der Waals surface area contributed by atoms with Crippen molar-refractivity contribution >= 4 is 29.5 Å². The summed E-state index contributed by atoms with van der Waals surface area (Å²) in [6.07, 6.45) is 3.82. The number of pyridine rings is 1.